The molecule has 0 saturated carbocycles. The summed E-state index contributed by atoms with van der Waals surface area (Å²) in [5.41, 5.74) is 3.95. The lowest BCUT2D eigenvalue weighted by Crippen LogP contribution is -2.51. The predicted molar refractivity (Wildman–Crippen MR) is 60.3 cm³/mol. The Morgan fingerprint density at radius 2 is 2.00 bits per heavy atom. The van der Waals surface area contributed by atoms with Crippen molar-refractivity contribution in [1.29, 1.82) is 0 Å². The third-order valence-electron chi connectivity index (χ3n) is 2.05. The number of quaternary nitrogens is 1. The molecular weight excluding hydrogens is 247 g/mol. The highest BCUT2D eigenvalue weighted by molar-refractivity contribution is 7.89. The summed E-state index contributed by atoms with van der Waals surface area (Å²) < 4.78 is 39.4. The Balaban J connectivity index is 2.70. The molecule has 0 aromatic heterocycles. The van der Waals surface area contributed by atoms with Crippen LogP contribution in [0, 0.1) is 0 Å². The van der Waals surface area contributed by atoms with Gasteiger partial charge in [-0.2, -0.15) is 0 Å². The van der Waals surface area contributed by atoms with Crippen molar-refractivity contribution < 1.29 is 23.3 Å². The molecule has 0 amide bonds. The molecular formula is C10H14FN2O3S+. The van der Waals surface area contributed by atoms with Crippen LogP contribution in [-0.2, 0) is 10.0 Å². The van der Waals surface area contributed by atoms with E-state index < -0.39 is 10.0 Å². The molecule has 1 aromatic rings. The molecule has 0 unspecified atom stereocenters. The van der Waals surface area contributed by atoms with Gasteiger partial charge >= 0.3 is 0 Å². The van der Waals surface area contributed by atoms with Crippen molar-refractivity contribution in [2.24, 2.45) is 5.14 Å². The van der Waals surface area contributed by atoms with Gasteiger partial charge in [0.05, 0.1) is 11.2 Å². The molecule has 0 aliphatic carbocycles. The van der Waals surface area contributed by atoms with E-state index in [1.54, 1.807) is 0 Å². The number of hydrogen-bond donors (Lipinski definition) is 2. The fraction of sp³-hybridized carbons (Fsp3) is 0.200. The zero-order chi connectivity index (χ0) is 12.9. The Hall–Kier alpha value is -1.44. The van der Waals surface area contributed by atoms with Crippen LogP contribution in [0.4, 0.5) is 4.39 Å². The maximum Gasteiger partial charge on any atom is 0.238 e. The zero-order valence-electron chi connectivity index (χ0n) is 9.10. The normalized spacial score (nSPS) is 12.5. The van der Waals surface area contributed by atoms with E-state index in [9.17, 15) is 12.8 Å². The summed E-state index contributed by atoms with van der Waals surface area (Å²) in [5, 5.41) is 4.94. The number of benzene rings is 1. The minimum atomic E-state index is -3.70. The second-order valence-corrected chi connectivity index (χ2v) is 4.88. The molecule has 0 aliphatic rings. The second kappa shape index (κ2) is 5.76. The first-order valence-corrected chi connectivity index (χ1v) is 6.35. The topological polar surface area (TPSA) is 97.0 Å². The van der Waals surface area contributed by atoms with Crippen LogP contribution in [-0.4, -0.2) is 21.6 Å². The molecule has 17 heavy (non-hydrogen) atoms. The minimum Gasteiger partial charge on any atom is -0.489 e. The Morgan fingerprint density at radius 3 is 2.41 bits per heavy atom. The van der Waals surface area contributed by atoms with Gasteiger partial charge in [0.25, 0.3) is 0 Å². The first-order valence-electron chi connectivity index (χ1n) is 4.80. The van der Waals surface area contributed by atoms with Crippen molar-refractivity contribution >= 4 is 10.0 Å². The Kier molecular flexibility index (Phi) is 4.62. The highest BCUT2D eigenvalue weighted by Gasteiger charge is 2.07. The standard InChI is InChI=1S/C10H13FN2O3S/c11-5-8(6-12)7-16-9-1-3-10(4-2-9)17(13,14)15/h1-5H,6-7,12H2,(H2,13,14,15)/p+1. The van der Waals surface area contributed by atoms with Crippen molar-refractivity contribution in [3.63, 3.8) is 0 Å². The first-order chi connectivity index (χ1) is 7.97. The van der Waals surface area contributed by atoms with E-state index in [0.29, 0.717) is 24.2 Å². The first kappa shape index (κ1) is 13.6. The highest BCUT2D eigenvalue weighted by Crippen LogP contribution is 2.15. The van der Waals surface area contributed by atoms with Crippen molar-refractivity contribution in [2.75, 3.05) is 13.2 Å². The van der Waals surface area contributed by atoms with E-state index in [0.717, 1.165) is 0 Å². The van der Waals surface area contributed by atoms with E-state index in [1.165, 1.54) is 24.3 Å². The highest BCUT2D eigenvalue weighted by atomic mass is 32.2. The molecule has 0 bridgehead atoms. The molecule has 0 heterocycles. The quantitative estimate of drug-likeness (QED) is 0.768. The van der Waals surface area contributed by atoms with Crippen LogP contribution >= 0.6 is 0 Å². The lowest BCUT2D eigenvalue weighted by molar-refractivity contribution is -0.356. The molecule has 7 heteroatoms. The van der Waals surface area contributed by atoms with Crippen molar-refractivity contribution in [2.45, 2.75) is 4.90 Å². The second-order valence-electron chi connectivity index (χ2n) is 3.32. The summed E-state index contributed by atoms with van der Waals surface area (Å²) in [7, 11) is -3.70. The Bertz CT molecular complexity index is 497. The summed E-state index contributed by atoms with van der Waals surface area (Å²) in [6, 6.07) is 5.57. The molecule has 0 spiro atoms. The molecule has 1 rings (SSSR count). The number of primary sulfonamides is 1. The van der Waals surface area contributed by atoms with Gasteiger partial charge in [-0.05, 0) is 24.3 Å². The summed E-state index contributed by atoms with van der Waals surface area (Å²) in [6.07, 6.45) is 0.450. The smallest absolute Gasteiger partial charge is 0.238 e. The summed E-state index contributed by atoms with van der Waals surface area (Å²) in [6.45, 7) is 0.389. The van der Waals surface area contributed by atoms with E-state index in [1.807, 2.05) is 0 Å². The molecule has 0 atom stereocenters. The number of rotatable bonds is 5. The lowest BCUT2D eigenvalue weighted by atomic mass is 10.3. The van der Waals surface area contributed by atoms with Crippen molar-refractivity contribution in [3.05, 3.63) is 36.2 Å². The van der Waals surface area contributed by atoms with Gasteiger partial charge in [0, 0.05) is 5.57 Å². The van der Waals surface area contributed by atoms with Gasteiger partial charge in [-0.3, -0.25) is 0 Å². The van der Waals surface area contributed by atoms with Crippen LogP contribution in [0.1, 0.15) is 0 Å². The van der Waals surface area contributed by atoms with Gasteiger partial charge in [-0.25, -0.2) is 17.9 Å². The number of hydrogen-bond acceptors (Lipinski definition) is 3. The van der Waals surface area contributed by atoms with Gasteiger partial charge in [-0.1, -0.05) is 0 Å². The summed E-state index contributed by atoms with van der Waals surface area (Å²) in [4.78, 5) is 0.00302. The van der Waals surface area contributed by atoms with Crippen LogP contribution in [0.3, 0.4) is 0 Å². The Morgan fingerprint density at radius 1 is 1.41 bits per heavy atom. The number of sulfonamides is 1. The van der Waals surface area contributed by atoms with E-state index in [2.05, 4.69) is 5.73 Å². The molecule has 5 N–H and O–H groups in total. The van der Waals surface area contributed by atoms with Gasteiger partial charge in [-0.15, -0.1) is 0 Å². The summed E-state index contributed by atoms with van der Waals surface area (Å²) >= 11 is 0. The van der Waals surface area contributed by atoms with E-state index in [-0.39, 0.29) is 11.5 Å². The summed E-state index contributed by atoms with van der Waals surface area (Å²) in [5.74, 6) is 0.435. The van der Waals surface area contributed by atoms with E-state index in [4.69, 9.17) is 9.88 Å². The SMILES string of the molecule is NS(=O)(=O)c1ccc(OCC(=CF)C[NH3+])cc1. The van der Waals surface area contributed by atoms with Crippen LogP contribution in [0.25, 0.3) is 0 Å². The molecule has 94 valence electrons. The van der Waals surface area contributed by atoms with Crippen LogP contribution < -0.4 is 15.6 Å². The molecule has 5 nitrogen and oxygen atoms in total. The average Bonchev–Trinajstić information content (AvgIpc) is 2.30. The molecule has 0 radical (unpaired) electrons. The molecule has 0 fully saturated rings. The molecule has 0 saturated heterocycles. The third-order valence-corrected chi connectivity index (χ3v) is 2.98. The zero-order valence-corrected chi connectivity index (χ0v) is 9.91. The van der Waals surface area contributed by atoms with Gasteiger partial charge in [0.1, 0.15) is 18.9 Å². The number of ether oxygens (including phenoxy) is 1. The van der Waals surface area contributed by atoms with Crippen molar-refractivity contribution in [1.82, 2.24) is 0 Å². The maximum absolute atomic E-state index is 12.2. The fourth-order valence-corrected chi connectivity index (χ4v) is 1.58. The third kappa shape index (κ3) is 4.14. The van der Waals surface area contributed by atoms with Gasteiger partial charge in [0.2, 0.25) is 10.0 Å². The average molecular weight is 261 g/mol. The number of halogens is 1. The van der Waals surface area contributed by atoms with Gasteiger partial charge in [0.15, 0.2) is 0 Å². The minimum absolute atomic E-state index is 0.00302. The van der Waals surface area contributed by atoms with Crippen LogP contribution in [0.5, 0.6) is 5.75 Å². The molecule has 1 aromatic carbocycles. The van der Waals surface area contributed by atoms with Gasteiger partial charge < -0.3 is 10.5 Å². The van der Waals surface area contributed by atoms with Crippen LogP contribution in [0.2, 0.25) is 0 Å². The van der Waals surface area contributed by atoms with Crippen LogP contribution in [0.15, 0.2) is 41.1 Å². The largest absolute Gasteiger partial charge is 0.489 e. The monoisotopic (exact) mass is 261 g/mol. The maximum atomic E-state index is 12.2. The van der Waals surface area contributed by atoms with Crippen molar-refractivity contribution in [3.8, 4) is 5.75 Å². The predicted octanol–water partition coefficient (Wildman–Crippen LogP) is -0.192. The van der Waals surface area contributed by atoms with E-state index >= 15 is 0 Å². The number of nitrogens with two attached hydrogens (primary N) is 1. The fourth-order valence-electron chi connectivity index (χ4n) is 1.06. The molecule has 0 aliphatic heterocycles. The Labute approximate surface area is 98.9 Å². The lowest BCUT2D eigenvalue weighted by Gasteiger charge is -2.06.